The Kier molecular flexibility index (Phi) is 1.81. The van der Waals surface area contributed by atoms with Gasteiger partial charge in [0.1, 0.15) is 0 Å². The molecule has 2 bridgehead atoms. The first-order chi connectivity index (χ1) is 6.40. The van der Waals surface area contributed by atoms with Crippen molar-refractivity contribution in [2.24, 2.45) is 28.7 Å². The molecule has 0 aliphatic heterocycles. The molecule has 3 rings (SSSR count). The summed E-state index contributed by atoms with van der Waals surface area (Å²) in [6, 6.07) is 0.557. The van der Waals surface area contributed by atoms with Crippen molar-refractivity contribution in [1.29, 1.82) is 0 Å². The summed E-state index contributed by atoms with van der Waals surface area (Å²) in [7, 11) is 0. The molecule has 0 N–H and O–H groups in total. The number of nitrogens with zero attached hydrogens (tertiary/aromatic N) is 1. The van der Waals surface area contributed by atoms with E-state index in [1.807, 2.05) is 0 Å². The van der Waals surface area contributed by atoms with E-state index in [1.165, 1.54) is 32.1 Å². The van der Waals surface area contributed by atoms with Crippen molar-refractivity contribution in [2.45, 2.75) is 38.1 Å². The Morgan fingerprint density at radius 3 is 2.77 bits per heavy atom. The van der Waals surface area contributed by atoms with Crippen molar-refractivity contribution in [3.05, 3.63) is 0 Å². The summed E-state index contributed by atoms with van der Waals surface area (Å²) in [6.45, 7) is 0. The van der Waals surface area contributed by atoms with Gasteiger partial charge in [0, 0.05) is 0 Å². The Morgan fingerprint density at radius 2 is 1.92 bits per heavy atom. The number of hydrogen-bond acceptors (Lipinski definition) is 2. The number of hydrogen-bond donors (Lipinski definition) is 0. The maximum absolute atomic E-state index is 4.71. The van der Waals surface area contributed by atoms with Gasteiger partial charge in [0.25, 0.3) is 0 Å². The molecule has 2 heteroatoms. The second-order valence-electron chi connectivity index (χ2n) is 4.94. The van der Waals surface area contributed by atoms with Crippen LogP contribution < -0.4 is 0 Å². The Labute approximate surface area is 84.6 Å². The molecule has 0 radical (unpaired) electrons. The number of fused-ring (bicyclic) bond motifs is 5. The van der Waals surface area contributed by atoms with E-state index in [4.69, 9.17) is 12.2 Å². The lowest BCUT2D eigenvalue weighted by Gasteiger charge is -2.28. The van der Waals surface area contributed by atoms with Crippen LogP contribution in [0, 0.1) is 23.7 Å². The Balaban J connectivity index is 1.85. The monoisotopic (exact) mass is 193 g/mol. The largest absolute Gasteiger partial charge is 0.229 e. The van der Waals surface area contributed by atoms with Crippen LogP contribution in [0.1, 0.15) is 32.1 Å². The van der Waals surface area contributed by atoms with E-state index in [0.29, 0.717) is 6.04 Å². The highest BCUT2D eigenvalue weighted by molar-refractivity contribution is 7.78. The maximum Gasteiger partial charge on any atom is 0.0636 e. The summed E-state index contributed by atoms with van der Waals surface area (Å²) in [5.74, 6) is 3.96. The van der Waals surface area contributed by atoms with Crippen LogP contribution in [-0.2, 0) is 0 Å². The summed E-state index contributed by atoms with van der Waals surface area (Å²) in [5, 5.41) is 2.58. The highest BCUT2D eigenvalue weighted by atomic mass is 32.1. The van der Waals surface area contributed by atoms with E-state index in [1.54, 1.807) is 0 Å². The quantitative estimate of drug-likeness (QED) is 0.461. The van der Waals surface area contributed by atoms with Gasteiger partial charge in [0.15, 0.2) is 0 Å². The number of thiocarbonyl (C=S) groups is 1. The van der Waals surface area contributed by atoms with E-state index in [0.717, 1.165) is 23.7 Å². The third-order valence-electron chi connectivity index (χ3n) is 4.61. The molecule has 0 saturated heterocycles. The third-order valence-corrected chi connectivity index (χ3v) is 4.72. The molecule has 0 spiro atoms. The molecule has 13 heavy (non-hydrogen) atoms. The van der Waals surface area contributed by atoms with Crippen molar-refractivity contribution >= 4 is 17.4 Å². The van der Waals surface area contributed by atoms with E-state index in [-0.39, 0.29) is 0 Å². The molecule has 0 aromatic heterocycles. The van der Waals surface area contributed by atoms with Gasteiger partial charge in [-0.3, -0.25) is 0 Å². The van der Waals surface area contributed by atoms with Gasteiger partial charge in [-0.1, -0.05) is 6.42 Å². The first kappa shape index (κ1) is 8.14. The molecular formula is C11H15NS. The smallest absolute Gasteiger partial charge is 0.0636 e. The number of isothiocyanates is 1. The van der Waals surface area contributed by atoms with E-state index >= 15 is 0 Å². The van der Waals surface area contributed by atoms with Crippen LogP contribution in [0.3, 0.4) is 0 Å². The lowest BCUT2D eigenvalue weighted by atomic mass is 9.79. The lowest BCUT2D eigenvalue weighted by Crippen LogP contribution is -2.26. The van der Waals surface area contributed by atoms with Crippen LogP contribution in [0.15, 0.2) is 4.99 Å². The van der Waals surface area contributed by atoms with Crippen molar-refractivity contribution < 1.29 is 0 Å². The van der Waals surface area contributed by atoms with Gasteiger partial charge in [-0.15, -0.1) is 0 Å². The second-order valence-corrected chi connectivity index (χ2v) is 5.12. The molecule has 5 atom stereocenters. The first-order valence-electron chi connectivity index (χ1n) is 5.47. The van der Waals surface area contributed by atoms with E-state index in [2.05, 4.69) is 10.2 Å². The molecule has 0 aromatic carbocycles. The molecular weight excluding hydrogens is 178 g/mol. The van der Waals surface area contributed by atoms with Gasteiger partial charge in [-0.2, -0.15) is 0 Å². The molecule has 1 nitrogen and oxygen atoms in total. The van der Waals surface area contributed by atoms with Crippen molar-refractivity contribution in [2.75, 3.05) is 0 Å². The minimum Gasteiger partial charge on any atom is -0.229 e. The molecule has 0 aromatic rings. The molecule has 3 aliphatic carbocycles. The normalized spacial score (nSPS) is 51.8. The molecule has 70 valence electrons. The molecule has 0 unspecified atom stereocenters. The average Bonchev–Trinajstić information content (AvgIpc) is 2.72. The van der Waals surface area contributed by atoms with Crippen molar-refractivity contribution in [3.63, 3.8) is 0 Å². The predicted molar refractivity (Wildman–Crippen MR) is 55.9 cm³/mol. The van der Waals surface area contributed by atoms with Gasteiger partial charge in [-0.25, -0.2) is 4.99 Å². The lowest BCUT2D eigenvalue weighted by molar-refractivity contribution is 0.235. The second kappa shape index (κ2) is 2.90. The fourth-order valence-electron chi connectivity index (χ4n) is 4.25. The molecule has 3 aliphatic rings. The van der Waals surface area contributed by atoms with Crippen molar-refractivity contribution in [1.82, 2.24) is 0 Å². The van der Waals surface area contributed by atoms with Crippen LogP contribution in [0.25, 0.3) is 0 Å². The number of aliphatic imine (C=N–C) groups is 1. The summed E-state index contributed by atoms with van der Waals surface area (Å²) >= 11 is 4.71. The molecule has 3 saturated carbocycles. The van der Waals surface area contributed by atoms with Crippen LogP contribution in [0.4, 0.5) is 0 Å². The summed E-state index contributed by atoms with van der Waals surface area (Å²) in [6.07, 6.45) is 7.20. The van der Waals surface area contributed by atoms with Gasteiger partial charge >= 0.3 is 0 Å². The van der Waals surface area contributed by atoms with Crippen molar-refractivity contribution in [3.8, 4) is 0 Å². The molecule has 0 amide bonds. The fourth-order valence-corrected chi connectivity index (χ4v) is 4.38. The van der Waals surface area contributed by atoms with E-state index < -0.39 is 0 Å². The number of rotatable bonds is 1. The zero-order valence-corrected chi connectivity index (χ0v) is 8.59. The van der Waals surface area contributed by atoms with Crippen LogP contribution >= 0.6 is 12.2 Å². The minimum atomic E-state index is 0.557. The van der Waals surface area contributed by atoms with Gasteiger partial charge in [0.05, 0.1) is 11.2 Å². The molecule has 3 fully saturated rings. The Morgan fingerprint density at radius 1 is 1.08 bits per heavy atom. The predicted octanol–water partition coefficient (Wildman–Crippen LogP) is 2.91. The first-order valence-corrected chi connectivity index (χ1v) is 5.88. The summed E-state index contributed by atoms with van der Waals surface area (Å²) in [5.41, 5.74) is 0. The third kappa shape index (κ3) is 1.05. The topological polar surface area (TPSA) is 12.4 Å². The standard InChI is InChI=1S/C11H15NS/c13-6-12-11-5-7-4-10(11)9-3-1-2-8(7)9/h7-11H,1-5H2/t7-,8-,9-,10-,11-/m1/s1. The Hall–Kier alpha value is -0.200. The average molecular weight is 193 g/mol. The zero-order chi connectivity index (χ0) is 8.84. The summed E-state index contributed by atoms with van der Waals surface area (Å²) < 4.78 is 0. The molecule has 0 heterocycles. The van der Waals surface area contributed by atoms with Crippen LogP contribution in [-0.4, -0.2) is 11.2 Å². The summed E-state index contributed by atoms with van der Waals surface area (Å²) in [4.78, 5) is 4.33. The van der Waals surface area contributed by atoms with Crippen LogP contribution in [0.5, 0.6) is 0 Å². The maximum atomic E-state index is 4.71. The van der Waals surface area contributed by atoms with Gasteiger partial charge < -0.3 is 0 Å². The highest BCUT2D eigenvalue weighted by Crippen LogP contribution is 2.59. The highest BCUT2D eigenvalue weighted by Gasteiger charge is 2.53. The van der Waals surface area contributed by atoms with Crippen LogP contribution in [0.2, 0.25) is 0 Å². The Bertz CT molecular complexity index is 269. The SMILES string of the molecule is S=C=N[C@@H]1C[C@H]2C[C@@H]1[C@@H]1CCC[C@H]21. The fraction of sp³-hybridized carbons (Fsp3) is 0.909. The van der Waals surface area contributed by atoms with Gasteiger partial charge in [-0.05, 0) is 61.6 Å². The minimum absolute atomic E-state index is 0.557. The van der Waals surface area contributed by atoms with E-state index in [9.17, 15) is 0 Å². The van der Waals surface area contributed by atoms with Gasteiger partial charge in [0.2, 0.25) is 0 Å². The zero-order valence-electron chi connectivity index (χ0n) is 7.78.